The number of carbonyl (C=O) groups excluding carboxylic acids is 2. The standard InChI is InChI=1S/C72H134N2O21/c1-4-6-8-10-12-14-16-18-20-22-24-25-26-27-28-29-31-33-35-37-39-41-43-45-54(79)53(74-59(82)46-44-42-40-38-36-34-32-30-23-21-19-17-15-13-11-9-7-5-2)51-90-69-64(86)63(85)66(58(50-77)92-69)93-70-65(87)68(62(84)57(49-76)91-70)95-72(71(88)89)47-55(80)60(73-52(3)78)67(94-72)61(83)56(81)48-75/h30,32,53-58,60-70,75-77,79-81,83-87H,4-29,31,33-51H2,1-3H3,(H,73,78)(H,74,82)(H,88,89)/b32-30-. The van der Waals surface area contributed by atoms with E-state index in [0.717, 1.165) is 71.1 Å². The molecular weight excluding hydrogens is 1230 g/mol. The van der Waals surface area contributed by atoms with Gasteiger partial charge in [0.15, 0.2) is 12.6 Å². The van der Waals surface area contributed by atoms with Crippen molar-refractivity contribution in [2.45, 2.75) is 400 Å². The molecule has 18 atom stereocenters. The molecular formula is C72H134N2O21. The van der Waals surface area contributed by atoms with Gasteiger partial charge in [-0.05, 0) is 38.5 Å². The minimum atomic E-state index is -3.08. The van der Waals surface area contributed by atoms with Gasteiger partial charge >= 0.3 is 5.97 Å². The van der Waals surface area contributed by atoms with E-state index < -0.39 is 148 Å². The molecule has 3 saturated heterocycles. The maximum atomic E-state index is 13.5. The normalized spacial score (nSPS) is 27.7. The Morgan fingerprint density at radius 3 is 1.42 bits per heavy atom. The van der Waals surface area contributed by atoms with Crippen molar-refractivity contribution >= 4 is 17.8 Å². The highest BCUT2D eigenvalue weighted by atomic mass is 16.8. The number of rotatable bonds is 58. The summed E-state index contributed by atoms with van der Waals surface area (Å²) in [6.07, 6.45) is 23.5. The van der Waals surface area contributed by atoms with Gasteiger partial charge in [0.25, 0.3) is 5.79 Å². The van der Waals surface area contributed by atoms with Crippen LogP contribution in [0.1, 0.15) is 290 Å². The Morgan fingerprint density at radius 1 is 0.537 bits per heavy atom. The van der Waals surface area contributed by atoms with Crippen molar-refractivity contribution < 1.29 is 104 Å². The molecule has 0 spiro atoms. The van der Waals surface area contributed by atoms with Gasteiger partial charge in [0.1, 0.15) is 67.1 Å². The van der Waals surface area contributed by atoms with E-state index in [9.17, 15) is 75.7 Å². The first kappa shape index (κ1) is 86.7. The highest BCUT2D eigenvalue weighted by molar-refractivity contribution is 5.77. The Kier molecular flexibility index (Phi) is 47.9. The van der Waals surface area contributed by atoms with Crippen LogP contribution in [0.15, 0.2) is 12.2 Å². The van der Waals surface area contributed by atoms with Crippen LogP contribution in [-0.2, 0) is 42.8 Å². The molecule has 0 radical (unpaired) electrons. The summed E-state index contributed by atoms with van der Waals surface area (Å²) in [4.78, 5) is 38.6. The minimum Gasteiger partial charge on any atom is -0.477 e. The third-order valence-electron chi connectivity index (χ3n) is 19.2. The number of carbonyl (C=O) groups is 3. The molecule has 3 heterocycles. The predicted molar refractivity (Wildman–Crippen MR) is 362 cm³/mol. The van der Waals surface area contributed by atoms with Crippen LogP contribution in [0.5, 0.6) is 0 Å². The van der Waals surface area contributed by atoms with E-state index in [2.05, 4.69) is 36.6 Å². The summed E-state index contributed by atoms with van der Waals surface area (Å²) in [5, 5.41) is 136. The number of aliphatic hydroxyl groups is 11. The van der Waals surface area contributed by atoms with Crippen LogP contribution in [0.4, 0.5) is 0 Å². The molecule has 558 valence electrons. The average molecular weight is 1360 g/mol. The van der Waals surface area contributed by atoms with Crippen LogP contribution >= 0.6 is 0 Å². The van der Waals surface area contributed by atoms with Gasteiger partial charge in [-0.1, -0.05) is 244 Å². The lowest BCUT2D eigenvalue weighted by Crippen LogP contribution is -2.70. The largest absolute Gasteiger partial charge is 0.477 e. The van der Waals surface area contributed by atoms with Gasteiger partial charge < -0.3 is 100 Å². The SMILES string of the molecule is CCCCCCCCCCC/C=C\CCCCCCCC(=O)NC(COC1OC(CO)C(OC2OC(CO)C(O)C(OC3(C(=O)O)CC(O)C(NC(C)=O)C(C(O)C(O)CO)O3)C2O)C(O)C1O)C(O)CCCCCCCCCCCCCCCCCCCCCCCCC. The minimum absolute atomic E-state index is 0.215. The molecule has 3 rings (SSSR count). The lowest BCUT2D eigenvalue weighted by Gasteiger charge is -2.50. The number of carboxylic acid groups (broad SMARTS) is 1. The molecule has 3 aliphatic rings. The second kappa shape index (κ2) is 52.5. The molecule has 0 aliphatic carbocycles. The zero-order chi connectivity index (χ0) is 69.6. The van der Waals surface area contributed by atoms with Crippen molar-refractivity contribution in [1.82, 2.24) is 10.6 Å². The zero-order valence-corrected chi connectivity index (χ0v) is 58.5. The van der Waals surface area contributed by atoms with Gasteiger partial charge in [-0.2, -0.15) is 0 Å². The van der Waals surface area contributed by atoms with Crippen molar-refractivity contribution in [2.75, 3.05) is 26.4 Å². The second-order valence-corrected chi connectivity index (χ2v) is 27.5. The Labute approximate surface area is 569 Å². The van der Waals surface area contributed by atoms with E-state index in [-0.39, 0.29) is 18.9 Å². The van der Waals surface area contributed by atoms with Crippen LogP contribution in [-0.4, -0.2) is 215 Å². The monoisotopic (exact) mass is 1360 g/mol. The third-order valence-corrected chi connectivity index (χ3v) is 19.2. The molecule has 23 heteroatoms. The highest BCUT2D eigenvalue weighted by Gasteiger charge is 2.60. The Hall–Kier alpha value is -2.53. The van der Waals surface area contributed by atoms with E-state index in [1.807, 2.05) is 0 Å². The quantitative estimate of drug-likeness (QED) is 0.0201. The first-order chi connectivity index (χ1) is 45.9. The highest BCUT2D eigenvalue weighted by Crippen LogP contribution is 2.39. The van der Waals surface area contributed by atoms with Gasteiger partial charge in [-0.3, -0.25) is 9.59 Å². The molecule has 0 aromatic rings. The molecule has 3 fully saturated rings. The molecule has 0 bridgehead atoms. The predicted octanol–water partition coefficient (Wildman–Crippen LogP) is 8.24. The lowest BCUT2D eigenvalue weighted by molar-refractivity contribution is -0.386. The van der Waals surface area contributed by atoms with Gasteiger partial charge in [-0.15, -0.1) is 0 Å². The molecule has 18 unspecified atom stereocenters. The summed E-state index contributed by atoms with van der Waals surface area (Å²) in [5.41, 5.74) is 0. The lowest BCUT2D eigenvalue weighted by atomic mass is 9.88. The number of ether oxygens (including phenoxy) is 6. The Morgan fingerprint density at radius 2 is 0.979 bits per heavy atom. The Bertz CT molecular complexity index is 1960. The number of nitrogens with one attached hydrogen (secondary N) is 2. The van der Waals surface area contributed by atoms with Crippen molar-refractivity contribution in [2.24, 2.45) is 0 Å². The summed E-state index contributed by atoms with van der Waals surface area (Å²) < 4.78 is 34.9. The maximum absolute atomic E-state index is 13.5. The molecule has 0 aromatic heterocycles. The maximum Gasteiger partial charge on any atom is 0.364 e. The van der Waals surface area contributed by atoms with Crippen LogP contribution < -0.4 is 10.6 Å². The van der Waals surface area contributed by atoms with Crippen LogP contribution in [0.25, 0.3) is 0 Å². The van der Waals surface area contributed by atoms with Crippen molar-refractivity contribution in [3.05, 3.63) is 12.2 Å². The number of hydrogen-bond donors (Lipinski definition) is 14. The van der Waals surface area contributed by atoms with Gasteiger partial charge in [0, 0.05) is 19.8 Å². The van der Waals surface area contributed by atoms with E-state index in [4.69, 9.17) is 28.4 Å². The molecule has 14 N–H and O–H groups in total. The van der Waals surface area contributed by atoms with E-state index >= 15 is 0 Å². The summed E-state index contributed by atoms with van der Waals surface area (Å²) in [7, 11) is 0. The number of unbranched alkanes of at least 4 members (excludes halogenated alkanes) is 36. The van der Waals surface area contributed by atoms with Crippen LogP contribution in [0, 0.1) is 0 Å². The third kappa shape index (κ3) is 34.1. The second-order valence-electron chi connectivity index (χ2n) is 27.5. The summed E-state index contributed by atoms with van der Waals surface area (Å²) in [6, 6.07) is -2.53. The number of hydrogen-bond acceptors (Lipinski definition) is 20. The number of aliphatic hydroxyl groups excluding tert-OH is 11. The summed E-state index contributed by atoms with van der Waals surface area (Å²) in [6.45, 7) is 2.23. The van der Waals surface area contributed by atoms with E-state index in [0.29, 0.717) is 19.3 Å². The fraction of sp³-hybridized carbons (Fsp3) is 0.931. The molecule has 23 nitrogen and oxygen atoms in total. The smallest absolute Gasteiger partial charge is 0.364 e. The van der Waals surface area contributed by atoms with E-state index in [1.165, 1.54) is 173 Å². The molecule has 95 heavy (non-hydrogen) atoms. The zero-order valence-electron chi connectivity index (χ0n) is 58.5. The molecule has 0 aromatic carbocycles. The fourth-order valence-electron chi connectivity index (χ4n) is 13.2. The van der Waals surface area contributed by atoms with Gasteiger partial charge in [0.2, 0.25) is 11.8 Å². The van der Waals surface area contributed by atoms with Gasteiger partial charge in [0.05, 0.1) is 50.7 Å². The molecule has 3 aliphatic heterocycles. The van der Waals surface area contributed by atoms with Crippen LogP contribution in [0.2, 0.25) is 0 Å². The fourth-order valence-corrected chi connectivity index (χ4v) is 13.2. The van der Waals surface area contributed by atoms with E-state index in [1.54, 1.807) is 0 Å². The first-order valence-electron chi connectivity index (χ1n) is 37.5. The summed E-state index contributed by atoms with van der Waals surface area (Å²) >= 11 is 0. The number of amides is 2. The van der Waals surface area contributed by atoms with Crippen LogP contribution in [0.3, 0.4) is 0 Å². The number of carboxylic acids is 1. The number of allylic oxidation sites excluding steroid dienone is 2. The van der Waals surface area contributed by atoms with Gasteiger partial charge in [-0.25, -0.2) is 4.79 Å². The Balaban J connectivity index is 1.56. The molecule has 0 saturated carbocycles. The first-order valence-corrected chi connectivity index (χ1v) is 37.5. The topological polar surface area (TPSA) is 373 Å². The number of aliphatic carboxylic acids is 1. The average Bonchev–Trinajstić information content (AvgIpc) is 0.758. The van der Waals surface area contributed by atoms with Crippen molar-refractivity contribution in [1.29, 1.82) is 0 Å². The molecule has 2 amide bonds. The summed E-state index contributed by atoms with van der Waals surface area (Å²) in [5.74, 6) is -6.10. The van der Waals surface area contributed by atoms with Crippen molar-refractivity contribution in [3.8, 4) is 0 Å². The van der Waals surface area contributed by atoms with Crippen molar-refractivity contribution in [3.63, 3.8) is 0 Å².